The van der Waals surface area contributed by atoms with Gasteiger partial charge in [-0.05, 0) is 63.9 Å². The number of Topliss-reactive ketones (excluding diaryl/α,β-unsaturated/α-hetero) is 2. The molecule has 2 unspecified atom stereocenters. The minimum atomic E-state index is -4.62. The van der Waals surface area contributed by atoms with Crippen molar-refractivity contribution >= 4 is 43.0 Å². The lowest BCUT2D eigenvalue weighted by Gasteiger charge is -2.28. The van der Waals surface area contributed by atoms with Crippen molar-refractivity contribution in [3.05, 3.63) is 54.1 Å². The van der Waals surface area contributed by atoms with Crippen LogP contribution < -0.4 is 16.4 Å². The molecule has 0 aliphatic carbocycles. The molecule has 0 saturated carbocycles. The number of amides is 4. The summed E-state index contributed by atoms with van der Waals surface area (Å²) in [5, 5.41) is 5.53. The van der Waals surface area contributed by atoms with E-state index >= 15 is 0 Å². The average Bonchev–Trinajstić information content (AvgIpc) is 3.97. The van der Waals surface area contributed by atoms with Gasteiger partial charge in [0.25, 0.3) is 0 Å². The summed E-state index contributed by atoms with van der Waals surface area (Å²) < 4.78 is 33.6. The third-order valence-electron chi connectivity index (χ3n) is 11.5. The average molecular weight is 933 g/mol. The van der Waals surface area contributed by atoms with Crippen LogP contribution in [0, 0.1) is 17.8 Å². The summed E-state index contributed by atoms with van der Waals surface area (Å²) in [6.45, 7) is 7.86. The number of unbranched alkanes of at least 4 members (excludes halogenated alkanes) is 5. The molecule has 2 heterocycles. The first kappa shape index (κ1) is 55.0. The number of phosphoric acid groups is 1. The molecule has 4 amide bonds. The number of ether oxygens (including phenoxy) is 2. The summed E-state index contributed by atoms with van der Waals surface area (Å²) in [7, 11) is -3.06. The molecule has 1 aliphatic rings. The molecule has 364 valence electrons. The maximum absolute atomic E-state index is 14.0. The van der Waals surface area contributed by atoms with Crippen LogP contribution in [0.1, 0.15) is 116 Å². The molecule has 3 rings (SSSR count). The summed E-state index contributed by atoms with van der Waals surface area (Å²) >= 11 is 0. The van der Waals surface area contributed by atoms with Crippen molar-refractivity contribution < 1.29 is 56.7 Å². The molecule has 0 bridgehead atoms. The van der Waals surface area contributed by atoms with E-state index < -0.39 is 79.6 Å². The summed E-state index contributed by atoms with van der Waals surface area (Å²) in [5.74, 6) is -5.62. The summed E-state index contributed by atoms with van der Waals surface area (Å²) in [6.07, 6.45) is 8.83. The molecule has 2 aromatic rings. The lowest BCUT2D eigenvalue weighted by atomic mass is 9.89. The normalized spacial score (nSPS) is 17.2. The number of rotatable bonds is 34. The Bertz CT molecular complexity index is 1820. The van der Waals surface area contributed by atoms with Crippen LogP contribution in [-0.2, 0) is 64.7 Å². The molecule has 1 aromatic carbocycles. The van der Waals surface area contributed by atoms with Gasteiger partial charge in [0, 0.05) is 44.8 Å². The molecule has 0 spiro atoms. The Morgan fingerprint density at radius 1 is 0.923 bits per heavy atom. The SMILES string of the molecule is COCCOCCC(=O)N1CCCC1C(=O)N[C@@H](CC(C)C)C(=O)C[C@@H](Cc1cnc[nH]1)C(=O)N[C@@H](C)C(=O)C[C@H](C(N)=O)[C@@H](C)OP(=O)(O)OCCCCCCCCc1ccccc1. The Morgan fingerprint density at radius 2 is 1.63 bits per heavy atom. The second kappa shape index (κ2) is 29.3. The second-order valence-corrected chi connectivity index (χ2v) is 18.7. The molecule has 1 aliphatic heterocycles. The van der Waals surface area contributed by atoms with Gasteiger partial charge in [0.05, 0.1) is 69.2 Å². The third-order valence-corrected chi connectivity index (χ3v) is 12.6. The fraction of sp³-hybridized carbons (Fsp3) is 0.674. The van der Waals surface area contributed by atoms with Crippen molar-refractivity contribution in [3.8, 4) is 0 Å². The number of H-pyrrole nitrogens is 1. The number of aromatic amines is 1. The van der Waals surface area contributed by atoms with E-state index in [-0.39, 0.29) is 50.7 Å². The maximum Gasteiger partial charge on any atom is 0.472 e. The number of benzene rings is 1. The van der Waals surface area contributed by atoms with E-state index in [1.54, 1.807) is 7.11 Å². The van der Waals surface area contributed by atoms with Gasteiger partial charge in [-0.15, -0.1) is 0 Å². The maximum atomic E-state index is 14.0. The van der Waals surface area contributed by atoms with E-state index in [4.69, 9.17) is 24.3 Å². The number of hydrogen-bond donors (Lipinski definition) is 5. The highest BCUT2D eigenvalue weighted by molar-refractivity contribution is 7.47. The van der Waals surface area contributed by atoms with Crippen LogP contribution in [0.5, 0.6) is 0 Å². The number of likely N-dealkylation sites (tertiary alicyclic amines) is 1. The van der Waals surface area contributed by atoms with Crippen molar-refractivity contribution in [2.45, 2.75) is 142 Å². The Kier molecular flexibility index (Phi) is 24.8. The molecule has 0 radical (unpaired) electrons. The molecule has 19 heteroatoms. The first-order valence-corrected chi connectivity index (χ1v) is 24.5. The number of phosphoric ester groups is 1. The van der Waals surface area contributed by atoms with Gasteiger partial charge >= 0.3 is 7.82 Å². The Labute approximate surface area is 383 Å². The standard InChI is InChI=1S/C46H73N6O12P/c1-32(2)26-39(51-46(58)40-19-15-21-52(40)43(55)20-23-62-25-24-61-5)42(54)28-36(27-37-30-48-31-49-37)45(57)50-33(3)41(53)29-38(44(47)56)34(4)64-65(59,60)63-22-14-9-7-6-8-11-16-35-17-12-10-13-18-35/h10,12-13,17-18,30-34,36,38-40H,6-9,11,14-16,19-29H2,1-5H3,(H2,47,56)(H,48,49)(H,50,57)(H,51,58)(H,59,60)/t33-,34+,36+,38-,39-,40?/m0/s1. The molecule has 1 fully saturated rings. The lowest BCUT2D eigenvalue weighted by molar-refractivity contribution is -0.140. The first-order chi connectivity index (χ1) is 31.0. The fourth-order valence-corrected chi connectivity index (χ4v) is 8.77. The summed E-state index contributed by atoms with van der Waals surface area (Å²) in [5.41, 5.74) is 7.49. The van der Waals surface area contributed by atoms with Crippen LogP contribution >= 0.6 is 7.82 Å². The van der Waals surface area contributed by atoms with Crippen molar-refractivity contribution in [2.24, 2.45) is 23.5 Å². The van der Waals surface area contributed by atoms with Gasteiger partial charge in [-0.1, -0.05) is 69.9 Å². The summed E-state index contributed by atoms with van der Waals surface area (Å²) in [4.78, 5) is 99.4. The van der Waals surface area contributed by atoms with E-state index in [2.05, 4.69) is 32.7 Å². The smallest absolute Gasteiger partial charge is 0.382 e. The number of ketones is 2. The number of methoxy groups -OCH3 is 1. The Balaban J connectivity index is 1.54. The number of nitrogens with one attached hydrogen (secondary N) is 3. The highest BCUT2D eigenvalue weighted by Crippen LogP contribution is 2.46. The Morgan fingerprint density at radius 3 is 2.29 bits per heavy atom. The third kappa shape index (κ3) is 20.8. The number of aryl methyl sites for hydroxylation is 1. The molecular formula is C46H73N6O12P. The van der Waals surface area contributed by atoms with Crippen molar-refractivity contribution in [1.29, 1.82) is 0 Å². The molecule has 7 atom stereocenters. The van der Waals surface area contributed by atoms with Gasteiger partial charge in [0.1, 0.15) is 6.04 Å². The fourth-order valence-electron chi connectivity index (χ4n) is 7.78. The lowest BCUT2D eigenvalue weighted by Crippen LogP contribution is -2.52. The highest BCUT2D eigenvalue weighted by Gasteiger charge is 2.38. The predicted molar refractivity (Wildman–Crippen MR) is 243 cm³/mol. The van der Waals surface area contributed by atoms with Gasteiger partial charge in [-0.3, -0.25) is 37.8 Å². The second-order valence-electron chi connectivity index (χ2n) is 17.3. The van der Waals surface area contributed by atoms with Gasteiger partial charge in [-0.2, -0.15) is 0 Å². The molecule has 1 saturated heterocycles. The quantitative estimate of drug-likeness (QED) is 0.0469. The summed E-state index contributed by atoms with van der Waals surface area (Å²) in [6, 6.07) is 7.42. The van der Waals surface area contributed by atoms with E-state index in [0.29, 0.717) is 44.7 Å². The largest absolute Gasteiger partial charge is 0.472 e. The number of primary amides is 1. The molecular weight excluding hydrogens is 860 g/mol. The van der Waals surface area contributed by atoms with Gasteiger partial charge in [0.2, 0.25) is 23.6 Å². The molecule has 1 aromatic heterocycles. The van der Waals surface area contributed by atoms with Crippen molar-refractivity contribution in [3.63, 3.8) is 0 Å². The number of carbonyl (C=O) groups excluding carboxylic acids is 6. The number of aromatic nitrogens is 2. The van der Waals surface area contributed by atoms with Crippen molar-refractivity contribution in [1.82, 2.24) is 25.5 Å². The number of carbonyl (C=O) groups is 6. The van der Waals surface area contributed by atoms with Gasteiger partial charge in [0.15, 0.2) is 11.6 Å². The van der Waals surface area contributed by atoms with Crippen LogP contribution in [0.2, 0.25) is 0 Å². The highest BCUT2D eigenvalue weighted by atomic mass is 31.2. The van der Waals surface area contributed by atoms with E-state index in [1.807, 2.05) is 32.0 Å². The number of nitrogens with two attached hydrogens (primary N) is 1. The number of hydrogen-bond acceptors (Lipinski definition) is 12. The van der Waals surface area contributed by atoms with Crippen LogP contribution in [-0.4, -0.2) is 119 Å². The minimum absolute atomic E-state index is 0.0149. The van der Waals surface area contributed by atoms with Crippen LogP contribution in [0.25, 0.3) is 0 Å². The van der Waals surface area contributed by atoms with Gasteiger partial charge in [-0.25, -0.2) is 9.55 Å². The monoisotopic (exact) mass is 933 g/mol. The van der Waals surface area contributed by atoms with Gasteiger partial charge < -0.3 is 40.6 Å². The van der Waals surface area contributed by atoms with E-state index in [9.17, 15) is 38.2 Å². The van der Waals surface area contributed by atoms with E-state index in [1.165, 1.54) is 36.8 Å². The van der Waals surface area contributed by atoms with E-state index in [0.717, 1.165) is 38.5 Å². The first-order valence-electron chi connectivity index (χ1n) is 23.0. The zero-order chi connectivity index (χ0) is 47.8. The van der Waals surface area contributed by atoms with Crippen LogP contribution in [0.3, 0.4) is 0 Å². The molecule has 18 nitrogen and oxygen atoms in total. The van der Waals surface area contributed by atoms with Crippen LogP contribution in [0.15, 0.2) is 42.9 Å². The number of imidazole rings is 1. The Hall–Kier alpha value is -4.32. The van der Waals surface area contributed by atoms with Crippen LogP contribution in [0.4, 0.5) is 0 Å². The zero-order valence-corrected chi connectivity index (χ0v) is 39.8. The predicted octanol–water partition coefficient (Wildman–Crippen LogP) is 4.77. The topological polar surface area (TPSA) is 259 Å². The molecule has 65 heavy (non-hydrogen) atoms. The minimum Gasteiger partial charge on any atom is -0.382 e. The molecule has 6 N–H and O–H groups in total. The zero-order valence-electron chi connectivity index (χ0n) is 38.9. The van der Waals surface area contributed by atoms with Crippen molar-refractivity contribution in [2.75, 3.05) is 40.1 Å². The number of nitrogens with zero attached hydrogens (tertiary/aromatic N) is 2.